The predicted molar refractivity (Wildman–Crippen MR) is 76.7 cm³/mol. The number of benzene rings is 1. The van der Waals surface area contributed by atoms with Crippen LogP contribution in [0.4, 0.5) is 5.69 Å². The first-order chi connectivity index (χ1) is 10.3. The second kappa shape index (κ2) is 11.0. The summed E-state index contributed by atoms with van der Waals surface area (Å²) in [5.74, 6) is 0.249. The molecule has 7 heteroatoms. The third-order valence-electron chi connectivity index (χ3n) is 2.50. The summed E-state index contributed by atoms with van der Waals surface area (Å²) in [4.78, 5) is 10.3. The van der Waals surface area contributed by atoms with Crippen molar-refractivity contribution in [3.05, 3.63) is 34.4 Å². The van der Waals surface area contributed by atoms with Crippen LogP contribution in [0.3, 0.4) is 0 Å². The van der Waals surface area contributed by atoms with Crippen LogP contribution in [0.2, 0.25) is 0 Å². The number of nitro groups is 1. The first-order valence-electron chi connectivity index (χ1n) is 6.85. The Labute approximate surface area is 123 Å². The highest BCUT2D eigenvalue weighted by Crippen LogP contribution is 2.25. The lowest BCUT2D eigenvalue weighted by Gasteiger charge is -2.08. The van der Waals surface area contributed by atoms with Gasteiger partial charge in [0.2, 0.25) is 0 Å². The fourth-order valence-electron chi connectivity index (χ4n) is 1.52. The van der Waals surface area contributed by atoms with E-state index in [0.717, 1.165) is 0 Å². The molecular weight excluding hydrogens is 278 g/mol. The Morgan fingerprint density at radius 1 is 0.952 bits per heavy atom. The van der Waals surface area contributed by atoms with Crippen LogP contribution in [0.5, 0.6) is 5.75 Å². The summed E-state index contributed by atoms with van der Waals surface area (Å²) >= 11 is 0. The summed E-state index contributed by atoms with van der Waals surface area (Å²) in [6.45, 7) is 5.28. The van der Waals surface area contributed by atoms with E-state index in [0.29, 0.717) is 39.6 Å². The van der Waals surface area contributed by atoms with Crippen molar-refractivity contribution in [2.75, 3.05) is 46.2 Å². The fourth-order valence-corrected chi connectivity index (χ4v) is 1.52. The molecule has 0 atom stereocenters. The average Bonchev–Trinajstić information content (AvgIpc) is 2.49. The Morgan fingerprint density at radius 2 is 1.52 bits per heavy atom. The van der Waals surface area contributed by atoms with E-state index in [2.05, 4.69) is 0 Å². The maximum Gasteiger partial charge on any atom is 0.310 e. The molecule has 1 aromatic carbocycles. The second-order valence-corrected chi connectivity index (χ2v) is 3.99. The smallest absolute Gasteiger partial charge is 0.310 e. The molecule has 21 heavy (non-hydrogen) atoms. The van der Waals surface area contributed by atoms with E-state index in [4.69, 9.17) is 18.9 Å². The highest BCUT2D eigenvalue weighted by Gasteiger charge is 2.12. The summed E-state index contributed by atoms with van der Waals surface area (Å²) in [6, 6.07) is 6.26. The van der Waals surface area contributed by atoms with Gasteiger partial charge in [-0.25, -0.2) is 0 Å². The van der Waals surface area contributed by atoms with Crippen molar-refractivity contribution in [1.82, 2.24) is 0 Å². The Hall–Kier alpha value is -1.70. The third kappa shape index (κ3) is 7.60. The summed E-state index contributed by atoms with van der Waals surface area (Å²) in [6.07, 6.45) is 0. The van der Waals surface area contributed by atoms with Crippen LogP contribution in [0.15, 0.2) is 24.3 Å². The van der Waals surface area contributed by atoms with Gasteiger partial charge in [-0.15, -0.1) is 0 Å². The Morgan fingerprint density at radius 3 is 2.14 bits per heavy atom. The van der Waals surface area contributed by atoms with Crippen LogP contribution in [-0.4, -0.2) is 51.2 Å². The average molecular weight is 299 g/mol. The number of rotatable bonds is 12. The molecule has 0 aromatic heterocycles. The van der Waals surface area contributed by atoms with Crippen molar-refractivity contribution < 1.29 is 23.9 Å². The molecular formula is C14H21NO6. The van der Waals surface area contributed by atoms with Crippen molar-refractivity contribution in [2.24, 2.45) is 0 Å². The van der Waals surface area contributed by atoms with Crippen LogP contribution in [0, 0.1) is 10.1 Å². The van der Waals surface area contributed by atoms with Crippen LogP contribution in [0.25, 0.3) is 0 Å². The zero-order valence-corrected chi connectivity index (χ0v) is 12.2. The molecule has 0 fully saturated rings. The first-order valence-corrected chi connectivity index (χ1v) is 6.85. The Kier molecular flexibility index (Phi) is 9.10. The molecule has 0 bridgehead atoms. The van der Waals surface area contributed by atoms with E-state index < -0.39 is 4.92 Å². The van der Waals surface area contributed by atoms with Crippen LogP contribution in [0.1, 0.15) is 6.92 Å². The molecule has 0 amide bonds. The number of para-hydroxylation sites is 2. The van der Waals surface area contributed by atoms with Crippen molar-refractivity contribution in [1.29, 1.82) is 0 Å². The number of ether oxygens (including phenoxy) is 4. The lowest BCUT2D eigenvalue weighted by atomic mass is 10.3. The van der Waals surface area contributed by atoms with Crippen LogP contribution in [-0.2, 0) is 14.2 Å². The van der Waals surface area contributed by atoms with Gasteiger partial charge in [-0.05, 0) is 13.0 Å². The minimum atomic E-state index is -0.470. The van der Waals surface area contributed by atoms with Gasteiger partial charge in [-0.2, -0.15) is 0 Å². The van der Waals surface area contributed by atoms with Gasteiger partial charge in [-0.1, -0.05) is 12.1 Å². The molecule has 1 aromatic rings. The number of hydrogen-bond donors (Lipinski definition) is 0. The van der Waals surface area contributed by atoms with Gasteiger partial charge in [0.05, 0.1) is 38.0 Å². The van der Waals surface area contributed by atoms with E-state index in [1.54, 1.807) is 18.2 Å². The van der Waals surface area contributed by atoms with Crippen molar-refractivity contribution in [3.63, 3.8) is 0 Å². The quantitative estimate of drug-likeness (QED) is 0.334. The molecule has 0 saturated carbocycles. The maximum atomic E-state index is 10.8. The second-order valence-electron chi connectivity index (χ2n) is 3.99. The number of nitro benzene ring substituents is 1. The van der Waals surface area contributed by atoms with Crippen LogP contribution < -0.4 is 4.74 Å². The van der Waals surface area contributed by atoms with Gasteiger partial charge in [-0.3, -0.25) is 10.1 Å². The van der Waals surface area contributed by atoms with Crippen molar-refractivity contribution in [2.45, 2.75) is 6.92 Å². The molecule has 118 valence electrons. The maximum absolute atomic E-state index is 10.8. The molecule has 0 saturated heterocycles. The van der Waals surface area contributed by atoms with Crippen LogP contribution >= 0.6 is 0 Å². The highest BCUT2D eigenvalue weighted by molar-refractivity contribution is 5.45. The standard InChI is InChI=1S/C14H21NO6/c1-2-18-7-8-19-9-10-20-11-12-21-14-6-4-3-5-13(14)15(16)17/h3-6H,2,7-12H2,1H3. The Balaban J connectivity index is 2.06. The lowest BCUT2D eigenvalue weighted by molar-refractivity contribution is -0.385. The summed E-state index contributed by atoms with van der Waals surface area (Å²) in [7, 11) is 0. The number of hydrogen-bond acceptors (Lipinski definition) is 6. The molecule has 0 aliphatic heterocycles. The largest absolute Gasteiger partial charge is 0.484 e. The van der Waals surface area contributed by atoms with Crippen molar-refractivity contribution in [3.8, 4) is 5.75 Å². The fraction of sp³-hybridized carbons (Fsp3) is 0.571. The third-order valence-corrected chi connectivity index (χ3v) is 2.50. The van der Waals surface area contributed by atoms with Gasteiger partial charge < -0.3 is 18.9 Å². The topological polar surface area (TPSA) is 80.1 Å². The molecule has 1 rings (SSSR count). The molecule has 7 nitrogen and oxygen atoms in total. The van der Waals surface area contributed by atoms with E-state index in [9.17, 15) is 10.1 Å². The summed E-state index contributed by atoms with van der Waals surface area (Å²) in [5, 5.41) is 10.8. The number of nitrogens with zero attached hydrogens (tertiary/aromatic N) is 1. The SMILES string of the molecule is CCOCCOCCOCCOc1ccccc1[N+](=O)[O-]. The minimum Gasteiger partial charge on any atom is -0.484 e. The molecule has 0 N–H and O–H groups in total. The molecule has 0 unspecified atom stereocenters. The molecule has 0 aliphatic carbocycles. The van der Waals surface area contributed by atoms with Gasteiger partial charge in [0, 0.05) is 12.7 Å². The van der Waals surface area contributed by atoms with E-state index in [1.807, 2.05) is 6.92 Å². The zero-order valence-electron chi connectivity index (χ0n) is 12.2. The molecule has 0 aliphatic rings. The van der Waals surface area contributed by atoms with E-state index in [1.165, 1.54) is 6.07 Å². The zero-order chi connectivity index (χ0) is 15.3. The predicted octanol–water partition coefficient (Wildman–Crippen LogP) is 2.04. The molecule has 0 heterocycles. The van der Waals surface area contributed by atoms with Crippen molar-refractivity contribution >= 4 is 5.69 Å². The highest BCUT2D eigenvalue weighted by atomic mass is 16.6. The van der Waals surface area contributed by atoms with Gasteiger partial charge in [0.1, 0.15) is 6.61 Å². The minimum absolute atomic E-state index is 0.0447. The molecule has 0 radical (unpaired) electrons. The van der Waals surface area contributed by atoms with E-state index in [-0.39, 0.29) is 18.0 Å². The summed E-state index contributed by atoms with van der Waals surface area (Å²) in [5.41, 5.74) is -0.0447. The van der Waals surface area contributed by atoms with Gasteiger partial charge >= 0.3 is 5.69 Å². The lowest BCUT2D eigenvalue weighted by Crippen LogP contribution is -2.13. The van der Waals surface area contributed by atoms with Gasteiger partial charge in [0.25, 0.3) is 0 Å². The Bertz CT molecular complexity index is 412. The van der Waals surface area contributed by atoms with Gasteiger partial charge in [0.15, 0.2) is 5.75 Å². The summed E-state index contributed by atoms with van der Waals surface area (Å²) < 4.78 is 21.0. The normalized spacial score (nSPS) is 10.5. The first kappa shape index (κ1) is 17.4. The molecule has 0 spiro atoms. The monoisotopic (exact) mass is 299 g/mol. The van der Waals surface area contributed by atoms with E-state index >= 15 is 0 Å².